The summed E-state index contributed by atoms with van der Waals surface area (Å²) in [5.41, 5.74) is 2.36. The van der Waals surface area contributed by atoms with Gasteiger partial charge < -0.3 is 15.4 Å². The second-order valence-corrected chi connectivity index (χ2v) is 6.04. The number of aromatic amines is 1. The third-order valence-corrected chi connectivity index (χ3v) is 4.43. The number of carboxylic acids is 1. The van der Waals surface area contributed by atoms with Crippen molar-refractivity contribution in [3.63, 3.8) is 0 Å². The highest BCUT2D eigenvalue weighted by Gasteiger charge is 2.28. The summed E-state index contributed by atoms with van der Waals surface area (Å²) in [6.07, 6.45) is 2.51. The van der Waals surface area contributed by atoms with Crippen molar-refractivity contribution in [3.05, 3.63) is 22.5 Å². The highest BCUT2D eigenvalue weighted by molar-refractivity contribution is 6.02. The topological polar surface area (TPSA) is 99.3 Å². The van der Waals surface area contributed by atoms with Gasteiger partial charge in [-0.05, 0) is 52.0 Å². The van der Waals surface area contributed by atoms with Crippen LogP contribution in [0.15, 0.2) is 0 Å². The first kappa shape index (κ1) is 16.3. The molecule has 6 heteroatoms. The van der Waals surface area contributed by atoms with E-state index < -0.39 is 5.97 Å². The van der Waals surface area contributed by atoms with Crippen LogP contribution in [0.1, 0.15) is 64.7 Å². The molecule has 0 saturated heterocycles. The fourth-order valence-corrected chi connectivity index (χ4v) is 3.25. The van der Waals surface area contributed by atoms with Gasteiger partial charge in [0.1, 0.15) is 5.69 Å². The Hall–Kier alpha value is -2.11. The Morgan fingerprint density at radius 3 is 2.18 bits per heavy atom. The number of hydrogen-bond donors (Lipinski definition) is 3. The van der Waals surface area contributed by atoms with Gasteiger partial charge in [-0.25, -0.2) is 0 Å². The number of nitrogens with one attached hydrogen (secondary N) is 2. The maximum absolute atomic E-state index is 12.4. The maximum Gasteiger partial charge on any atom is 0.306 e. The van der Waals surface area contributed by atoms with E-state index in [1.165, 1.54) is 6.92 Å². The molecule has 1 aromatic heterocycles. The SMILES string of the molecule is CC(=O)c1c(C)[nH]c(C(=O)NC2CCC(C(=O)O)CC2)c1C. The van der Waals surface area contributed by atoms with Crippen molar-refractivity contribution in [2.75, 3.05) is 0 Å². The predicted molar refractivity (Wildman–Crippen MR) is 81.1 cm³/mol. The third kappa shape index (κ3) is 3.21. The van der Waals surface area contributed by atoms with Gasteiger partial charge in [0.25, 0.3) is 5.91 Å². The van der Waals surface area contributed by atoms with Gasteiger partial charge in [0.2, 0.25) is 0 Å². The maximum atomic E-state index is 12.4. The molecule has 1 aromatic rings. The van der Waals surface area contributed by atoms with Crippen LogP contribution in [-0.2, 0) is 4.79 Å². The van der Waals surface area contributed by atoms with Crippen LogP contribution in [0.2, 0.25) is 0 Å². The Kier molecular flexibility index (Phi) is 4.68. The summed E-state index contributed by atoms with van der Waals surface area (Å²) in [5.74, 6) is -1.35. The monoisotopic (exact) mass is 306 g/mol. The molecule has 0 bridgehead atoms. The second-order valence-electron chi connectivity index (χ2n) is 6.04. The van der Waals surface area contributed by atoms with Crippen molar-refractivity contribution in [2.24, 2.45) is 5.92 Å². The molecule has 1 aliphatic carbocycles. The number of aliphatic carboxylic acids is 1. The summed E-state index contributed by atoms with van der Waals surface area (Å²) in [5, 5.41) is 11.9. The van der Waals surface area contributed by atoms with Crippen LogP contribution < -0.4 is 5.32 Å². The lowest BCUT2D eigenvalue weighted by atomic mass is 9.86. The van der Waals surface area contributed by atoms with E-state index in [1.807, 2.05) is 0 Å². The van der Waals surface area contributed by atoms with E-state index in [-0.39, 0.29) is 23.7 Å². The molecule has 22 heavy (non-hydrogen) atoms. The molecule has 120 valence electrons. The predicted octanol–water partition coefficient (Wildman–Crippen LogP) is 2.21. The molecule has 0 radical (unpaired) electrons. The quantitative estimate of drug-likeness (QED) is 0.743. The van der Waals surface area contributed by atoms with Crippen molar-refractivity contribution in [2.45, 2.75) is 52.5 Å². The smallest absolute Gasteiger partial charge is 0.306 e. The molecule has 1 aliphatic rings. The first-order chi connectivity index (χ1) is 10.3. The number of carbonyl (C=O) groups is 3. The molecule has 0 unspecified atom stereocenters. The number of hydrogen-bond acceptors (Lipinski definition) is 3. The minimum atomic E-state index is -0.758. The van der Waals surface area contributed by atoms with Crippen LogP contribution in [0.4, 0.5) is 0 Å². The highest BCUT2D eigenvalue weighted by Crippen LogP contribution is 2.25. The van der Waals surface area contributed by atoms with Gasteiger partial charge in [-0.2, -0.15) is 0 Å². The van der Waals surface area contributed by atoms with Crippen molar-refractivity contribution < 1.29 is 19.5 Å². The molecule has 2 rings (SSSR count). The lowest BCUT2D eigenvalue weighted by Crippen LogP contribution is -2.39. The third-order valence-electron chi connectivity index (χ3n) is 4.43. The van der Waals surface area contributed by atoms with Crippen LogP contribution >= 0.6 is 0 Å². The molecular formula is C16H22N2O4. The molecule has 6 nitrogen and oxygen atoms in total. The molecule has 0 aromatic carbocycles. The average Bonchev–Trinajstić information content (AvgIpc) is 2.74. The molecular weight excluding hydrogens is 284 g/mol. The zero-order chi connectivity index (χ0) is 16.4. The van der Waals surface area contributed by atoms with E-state index in [4.69, 9.17) is 5.11 Å². The Morgan fingerprint density at radius 2 is 1.73 bits per heavy atom. The number of Topliss-reactive ketones (excluding diaryl/α,β-unsaturated/α-hetero) is 1. The zero-order valence-corrected chi connectivity index (χ0v) is 13.2. The second kappa shape index (κ2) is 6.34. The van der Waals surface area contributed by atoms with Gasteiger partial charge in [0, 0.05) is 17.3 Å². The molecule has 3 N–H and O–H groups in total. The Balaban J connectivity index is 2.03. The molecule has 0 spiro atoms. The Labute approximate surface area is 129 Å². The Bertz CT molecular complexity index is 610. The number of ketones is 1. The molecule has 1 heterocycles. The number of carboxylic acid groups (broad SMARTS) is 1. The normalized spacial score (nSPS) is 21.4. The molecule has 1 saturated carbocycles. The van der Waals surface area contributed by atoms with Crippen LogP contribution in [0, 0.1) is 19.8 Å². The van der Waals surface area contributed by atoms with Crippen molar-refractivity contribution >= 4 is 17.7 Å². The zero-order valence-electron chi connectivity index (χ0n) is 13.2. The summed E-state index contributed by atoms with van der Waals surface area (Å²) in [7, 11) is 0. The fourth-order valence-electron chi connectivity index (χ4n) is 3.25. The van der Waals surface area contributed by atoms with Crippen molar-refractivity contribution in [3.8, 4) is 0 Å². The van der Waals surface area contributed by atoms with Gasteiger partial charge in [0.05, 0.1) is 5.92 Å². The molecule has 1 fully saturated rings. The number of carbonyl (C=O) groups excluding carboxylic acids is 2. The van der Waals surface area contributed by atoms with E-state index in [0.29, 0.717) is 48.2 Å². The van der Waals surface area contributed by atoms with E-state index in [2.05, 4.69) is 10.3 Å². The van der Waals surface area contributed by atoms with E-state index in [1.54, 1.807) is 13.8 Å². The fraction of sp³-hybridized carbons (Fsp3) is 0.562. The van der Waals surface area contributed by atoms with Crippen molar-refractivity contribution in [1.29, 1.82) is 0 Å². The van der Waals surface area contributed by atoms with E-state index in [0.717, 1.165) is 0 Å². The Morgan fingerprint density at radius 1 is 1.14 bits per heavy atom. The highest BCUT2D eigenvalue weighted by atomic mass is 16.4. The van der Waals surface area contributed by atoms with Crippen LogP contribution in [0.5, 0.6) is 0 Å². The average molecular weight is 306 g/mol. The first-order valence-corrected chi connectivity index (χ1v) is 7.55. The number of rotatable bonds is 4. The van der Waals surface area contributed by atoms with E-state index in [9.17, 15) is 14.4 Å². The lowest BCUT2D eigenvalue weighted by Gasteiger charge is -2.26. The minimum absolute atomic E-state index is 0.00751. The summed E-state index contributed by atoms with van der Waals surface area (Å²) in [4.78, 5) is 37.9. The molecule has 0 aliphatic heterocycles. The van der Waals surface area contributed by atoms with Crippen LogP contribution in [0.3, 0.4) is 0 Å². The molecule has 0 atom stereocenters. The number of aryl methyl sites for hydroxylation is 1. The van der Waals surface area contributed by atoms with Gasteiger partial charge in [0.15, 0.2) is 5.78 Å². The molecule has 1 amide bonds. The minimum Gasteiger partial charge on any atom is -0.481 e. The van der Waals surface area contributed by atoms with Gasteiger partial charge >= 0.3 is 5.97 Å². The largest absolute Gasteiger partial charge is 0.481 e. The summed E-state index contributed by atoms with van der Waals surface area (Å²) >= 11 is 0. The lowest BCUT2D eigenvalue weighted by molar-refractivity contribution is -0.142. The number of H-pyrrole nitrogens is 1. The van der Waals surface area contributed by atoms with E-state index >= 15 is 0 Å². The summed E-state index contributed by atoms with van der Waals surface area (Å²) in [6.45, 7) is 5.02. The number of aromatic nitrogens is 1. The van der Waals surface area contributed by atoms with Gasteiger partial charge in [-0.1, -0.05) is 0 Å². The van der Waals surface area contributed by atoms with Crippen LogP contribution in [-0.4, -0.2) is 33.8 Å². The van der Waals surface area contributed by atoms with Crippen molar-refractivity contribution in [1.82, 2.24) is 10.3 Å². The van der Waals surface area contributed by atoms with Gasteiger partial charge in [-0.15, -0.1) is 0 Å². The number of amides is 1. The van der Waals surface area contributed by atoms with Gasteiger partial charge in [-0.3, -0.25) is 14.4 Å². The van der Waals surface area contributed by atoms with Crippen LogP contribution in [0.25, 0.3) is 0 Å². The summed E-state index contributed by atoms with van der Waals surface area (Å²) < 4.78 is 0. The summed E-state index contributed by atoms with van der Waals surface area (Å²) in [6, 6.07) is -0.00751. The first-order valence-electron chi connectivity index (χ1n) is 7.55. The standard InChI is InChI=1S/C16H22N2O4/c1-8-13(10(3)19)9(2)17-14(8)15(20)18-12-6-4-11(5-7-12)16(21)22/h11-12,17H,4-7H2,1-3H3,(H,18,20)(H,21,22).